The molecule has 3 amide bonds. The number of hydrogen-bond donors (Lipinski definition) is 2. The number of benzene rings is 2. The number of ether oxygens (including phenoxy) is 1. The van der Waals surface area contributed by atoms with Crippen molar-refractivity contribution < 1.29 is 23.1 Å². The summed E-state index contributed by atoms with van der Waals surface area (Å²) in [6, 6.07) is 12.4. The van der Waals surface area contributed by atoms with Crippen LogP contribution in [-0.2, 0) is 0 Å². The van der Waals surface area contributed by atoms with Crippen LogP contribution in [0.4, 0.5) is 14.9 Å². The summed E-state index contributed by atoms with van der Waals surface area (Å²) in [5.41, 5.74) is 1.07. The van der Waals surface area contributed by atoms with Crippen LogP contribution in [-0.4, -0.2) is 43.1 Å². The molecule has 0 saturated carbocycles. The Labute approximate surface area is 172 Å². The number of fused-ring (bicyclic) bond motifs is 1. The first-order valence-corrected chi connectivity index (χ1v) is 9.72. The minimum Gasteiger partial charge on any atom is -0.493 e. The molecule has 7 nitrogen and oxygen atoms in total. The molecule has 3 aromatic rings. The van der Waals surface area contributed by atoms with E-state index in [2.05, 4.69) is 10.6 Å². The van der Waals surface area contributed by atoms with Gasteiger partial charge in [-0.2, -0.15) is 0 Å². The van der Waals surface area contributed by atoms with Crippen molar-refractivity contribution in [1.82, 2.24) is 10.2 Å². The van der Waals surface area contributed by atoms with Crippen molar-refractivity contribution in [2.24, 2.45) is 0 Å². The Bertz CT molecular complexity index is 1060. The van der Waals surface area contributed by atoms with Crippen molar-refractivity contribution in [2.75, 3.05) is 25.5 Å². The van der Waals surface area contributed by atoms with Crippen molar-refractivity contribution in [2.45, 2.75) is 18.9 Å². The lowest BCUT2D eigenvalue weighted by molar-refractivity contribution is 0.0679. The number of piperidine rings is 1. The van der Waals surface area contributed by atoms with E-state index in [0.717, 1.165) is 5.39 Å². The molecule has 1 fully saturated rings. The second-order valence-electron chi connectivity index (χ2n) is 7.16. The van der Waals surface area contributed by atoms with Gasteiger partial charge in [0.25, 0.3) is 5.91 Å². The quantitative estimate of drug-likeness (QED) is 0.680. The van der Waals surface area contributed by atoms with Crippen LogP contribution in [0.2, 0.25) is 0 Å². The Hall–Kier alpha value is -3.55. The Balaban J connectivity index is 1.32. The molecule has 156 valence electrons. The molecule has 2 heterocycles. The number of nitrogens with zero attached hydrogens (tertiary/aromatic N) is 1. The van der Waals surface area contributed by atoms with Gasteiger partial charge < -0.3 is 24.7 Å². The average Bonchev–Trinajstić information content (AvgIpc) is 3.20. The van der Waals surface area contributed by atoms with Gasteiger partial charge >= 0.3 is 6.03 Å². The van der Waals surface area contributed by atoms with E-state index >= 15 is 0 Å². The fraction of sp³-hybridized carbons (Fsp3) is 0.273. The highest BCUT2D eigenvalue weighted by Crippen LogP contribution is 2.29. The van der Waals surface area contributed by atoms with Crippen LogP contribution in [0.1, 0.15) is 23.4 Å². The largest absolute Gasteiger partial charge is 0.493 e. The minimum atomic E-state index is -0.360. The zero-order chi connectivity index (χ0) is 21.1. The van der Waals surface area contributed by atoms with E-state index in [1.54, 1.807) is 24.1 Å². The minimum absolute atomic E-state index is 0.0507. The number of amides is 3. The number of likely N-dealkylation sites (tertiary alicyclic amines) is 1. The Morgan fingerprint density at radius 1 is 1.13 bits per heavy atom. The number of furan rings is 1. The van der Waals surface area contributed by atoms with Crippen molar-refractivity contribution in [3.8, 4) is 5.75 Å². The van der Waals surface area contributed by atoms with Crippen molar-refractivity contribution in [1.29, 1.82) is 0 Å². The first-order chi connectivity index (χ1) is 14.5. The molecule has 4 rings (SSSR count). The smallest absolute Gasteiger partial charge is 0.319 e. The number of anilines is 1. The SMILES string of the molecule is COc1cccc2cc(C(=O)N3CCC(NC(=O)Nc4ccc(F)cc4)CC3)oc12. The van der Waals surface area contributed by atoms with Gasteiger partial charge in [-0.1, -0.05) is 12.1 Å². The number of urea groups is 1. The van der Waals surface area contributed by atoms with Crippen LogP contribution in [0.25, 0.3) is 11.0 Å². The third-order valence-electron chi connectivity index (χ3n) is 5.16. The molecule has 0 unspecified atom stereocenters. The van der Waals surface area contributed by atoms with E-state index in [0.29, 0.717) is 43.0 Å². The average molecular weight is 411 g/mol. The first-order valence-electron chi connectivity index (χ1n) is 9.72. The topological polar surface area (TPSA) is 83.8 Å². The predicted octanol–water partition coefficient (Wildman–Crippen LogP) is 4.01. The molecule has 8 heteroatoms. The molecule has 1 aliphatic heterocycles. The van der Waals surface area contributed by atoms with Gasteiger partial charge in [0.1, 0.15) is 5.82 Å². The molecule has 30 heavy (non-hydrogen) atoms. The fourth-order valence-corrected chi connectivity index (χ4v) is 3.57. The third-order valence-corrected chi connectivity index (χ3v) is 5.16. The van der Waals surface area contributed by atoms with E-state index in [9.17, 15) is 14.0 Å². The zero-order valence-electron chi connectivity index (χ0n) is 16.5. The van der Waals surface area contributed by atoms with Crippen LogP contribution in [0.5, 0.6) is 5.75 Å². The molecule has 0 atom stereocenters. The normalized spacial score (nSPS) is 14.5. The van der Waals surface area contributed by atoms with Crippen LogP contribution >= 0.6 is 0 Å². The summed E-state index contributed by atoms with van der Waals surface area (Å²) in [6.45, 7) is 1.02. The molecule has 1 saturated heterocycles. The highest BCUT2D eigenvalue weighted by Gasteiger charge is 2.27. The standard InChI is InChI=1S/C22H22FN3O4/c1-29-18-4-2-3-14-13-19(30-20(14)18)21(27)26-11-9-17(10-12-26)25-22(28)24-16-7-5-15(23)6-8-16/h2-8,13,17H,9-12H2,1H3,(H2,24,25,28). The van der Waals surface area contributed by atoms with Crippen LogP contribution in [0.3, 0.4) is 0 Å². The second-order valence-corrected chi connectivity index (χ2v) is 7.16. The zero-order valence-corrected chi connectivity index (χ0v) is 16.5. The molecule has 2 aromatic carbocycles. The van der Waals surface area contributed by atoms with Crippen molar-refractivity contribution in [3.63, 3.8) is 0 Å². The number of rotatable bonds is 4. The van der Waals surface area contributed by atoms with Crippen LogP contribution in [0, 0.1) is 5.82 Å². The predicted molar refractivity (Wildman–Crippen MR) is 110 cm³/mol. The summed E-state index contributed by atoms with van der Waals surface area (Å²) in [7, 11) is 1.56. The summed E-state index contributed by atoms with van der Waals surface area (Å²) < 4.78 is 24.0. The highest BCUT2D eigenvalue weighted by molar-refractivity contribution is 5.97. The van der Waals surface area contributed by atoms with Gasteiger partial charge in [-0.05, 0) is 49.2 Å². The number of carbonyl (C=O) groups is 2. The molecule has 0 spiro atoms. The molecular formula is C22H22FN3O4. The Morgan fingerprint density at radius 3 is 2.57 bits per heavy atom. The van der Waals surface area contributed by atoms with Gasteiger partial charge in [-0.25, -0.2) is 9.18 Å². The molecule has 2 N–H and O–H groups in total. The monoisotopic (exact) mass is 411 g/mol. The van der Waals surface area contributed by atoms with Gasteiger partial charge in [-0.15, -0.1) is 0 Å². The lowest BCUT2D eigenvalue weighted by Crippen LogP contribution is -2.47. The van der Waals surface area contributed by atoms with Gasteiger partial charge in [-0.3, -0.25) is 4.79 Å². The summed E-state index contributed by atoms with van der Waals surface area (Å²) in [4.78, 5) is 26.7. The lowest BCUT2D eigenvalue weighted by Gasteiger charge is -2.31. The summed E-state index contributed by atoms with van der Waals surface area (Å²) >= 11 is 0. The summed E-state index contributed by atoms with van der Waals surface area (Å²) in [6.07, 6.45) is 1.26. The second kappa shape index (κ2) is 8.44. The molecular weight excluding hydrogens is 389 g/mol. The number of hydrogen-bond acceptors (Lipinski definition) is 4. The number of methoxy groups -OCH3 is 1. The van der Waals surface area contributed by atoms with Gasteiger partial charge in [0.2, 0.25) is 0 Å². The number of para-hydroxylation sites is 1. The van der Waals surface area contributed by atoms with Gasteiger partial charge in [0, 0.05) is 30.2 Å². The van der Waals surface area contributed by atoms with E-state index in [1.165, 1.54) is 24.3 Å². The highest BCUT2D eigenvalue weighted by atomic mass is 19.1. The maximum Gasteiger partial charge on any atom is 0.319 e. The molecule has 1 aliphatic rings. The van der Waals surface area contributed by atoms with Crippen molar-refractivity contribution >= 4 is 28.6 Å². The van der Waals surface area contributed by atoms with E-state index < -0.39 is 0 Å². The van der Waals surface area contributed by atoms with Gasteiger partial charge in [0.05, 0.1) is 7.11 Å². The van der Waals surface area contributed by atoms with E-state index in [1.807, 2.05) is 12.1 Å². The third kappa shape index (κ3) is 4.22. The van der Waals surface area contributed by atoms with E-state index in [-0.39, 0.29) is 29.6 Å². The molecule has 0 bridgehead atoms. The Morgan fingerprint density at radius 2 is 1.87 bits per heavy atom. The lowest BCUT2D eigenvalue weighted by atomic mass is 10.0. The first kappa shape index (κ1) is 19.8. The fourth-order valence-electron chi connectivity index (χ4n) is 3.57. The summed E-state index contributed by atoms with van der Waals surface area (Å²) in [5, 5.41) is 6.39. The van der Waals surface area contributed by atoms with Gasteiger partial charge in [0.15, 0.2) is 17.1 Å². The molecule has 0 aliphatic carbocycles. The van der Waals surface area contributed by atoms with E-state index in [4.69, 9.17) is 9.15 Å². The van der Waals surface area contributed by atoms with Crippen LogP contribution < -0.4 is 15.4 Å². The number of carbonyl (C=O) groups excluding carboxylic acids is 2. The summed E-state index contributed by atoms with van der Waals surface area (Å²) in [5.74, 6) is 0.319. The number of nitrogens with one attached hydrogen (secondary N) is 2. The molecule has 1 aromatic heterocycles. The van der Waals surface area contributed by atoms with Crippen LogP contribution in [0.15, 0.2) is 52.9 Å². The Kier molecular flexibility index (Phi) is 5.56. The maximum absolute atomic E-state index is 12.9. The number of halogens is 1. The maximum atomic E-state index is 12.9. The van der Waals surface area contributed by atoms with Crippen molar-refractivity contribution in [3.05, 3.63) is 60.1 Å². The molecule has 0 radical (unpaired) electrons.